The Hall–Kier alpha value is -2.44. The van der Waals surface area contributed by atoms with E-state index in [1.54, 1.807) is 0 Å². The lowest BCUT2D eigenvalue weighted by Crippen LogP contribution is -2.50. The second-order valence-electron chi connectivity index (χ2n) is 6.56. The standard InChI is InChI=1S/C20H21N3O2S/c24-18(19-6-3-13-26-19)14-21-9-11-22(12-10-21)20(25)15-23-8-7-16-4-1-2-5-17(16)23/h1-8,13H,9-12,14-15H2. The summed E-state index contributed by atoms with van der Waals surface area (Å²) in [5.74, 6) is 0.300. The first-order valence-corrected chi connectivity index (χ1v) is 9.69. The van der Waals surface area contributed by atoms with Gasteiger partial charge in [-0.3, -0.25) is 14.5 Å². The van der Waals surface area contributed by atoms with Gasteiger partial charge in [-0.1, -0.05) is 24.3 Å². The summed E-state index contributed by atoms with van der Waals surface area (Å²) < 4.78 is 2.00. The molecule has 5 nitrogen and oxygen atoms in total. The van der Waals surface area contributed by atoms with Crippen LogP contribution in [0.3, 0.4) is 0 Å². The van der Waals surface area contributed by atoms with Crippen molar-refractivity contribution in [1.82, 2.24) is 14.4 Å². The van der Waals surface area contributed by atoms with Crippen molar-refractivity contribution in [2.45, 2.75) is 6.54 Å². The second-order valence-corrected chi connectivity index (χ2v) is 7.51. The largest absolute Gasteiger partial charge is 0.339 e. The highest BCUT2D eigenvalue weighted by atomic mass is 32.1. The summed E-state index contributed by atoms with van der Waals surface area (Å²) in [7, 11) is 0. The number of Topliss-reactive ketones (excluding diaryl/α,β-unsaturated/α-hetero) is 1. The Bertz CT molecular complexity index is 908. The number of aromatic nitrogens is 1. The maximum Gasteiger partial charge on any atom is 0.242 e. The molecule has 0 bridgehead atoms. The van der Waals surface area contributed by atoms with E-state index >= 15 is 0 Å². The molecule has 1 aromatic carbocycles. The van der Waals surface area contributed by atoms with Gasteiger partial charge in [0.1, 0.15) is 6.54 Å². The molecular formula is C20H21N3O2S. The van der Waals surface area contributed by atoms with Gasteiger partial charge in [-0.2, -0.15) is 0 Å². The van der Waals surface area contributed by atoms with E-state index in [2.05, 4.69) is 11.0 Å². The highest BCUT2D eigenvalue weighted by Crippen LogP contribution is 2.16. The topological polar surface area (TPSA) is 45.6 Å². The molecule has 0 N–H and O–H groups in total. The number of hydrogen-bond acceptors (Lipinski definition) is 4. The van der Waals surface area contributed by atoms with Gasteiger partial charge < -0.3 is 9.47 Å². The van der Waals surface area contributed by atoms with Gasteiger partial charge in [0.05, 0.1) is 11.4 Å². The zero-order valence-corrected chi connectivity index (χ0v) is 15.3. The number of carbonyl (C=O) groups is 2. The fraction of sp³-hybridized carbons (Fsp3) is 0.300. The van der Waals surface area contributed by atoms with Crippen molar-refractivity contribution in [3.63, 3.8) is 0 Å². The van der Waals surface area contributed by atoms with Crippen LogP contribution in [-0.4, -0.2) is 58.8 Å². The molecule has 4 rings (SSSR count). The molecule has 26 heavy (non-hydrogen) atoms. The first-order chi connectivity index (χ1) is 12.7. The lowest BCUT2D eigenvalue weighted by Gasteiger charge is -2.34. The number of thiophene rings is 1. The number of ketones is 1. The van der Waals surface area contributed by atoms with E-state index in [1.165, 1.54) is 11.3 Å². The number of rotatable bonds is 5. The molecule has 1 aliphatic rings. The first kappa shape index (κ1) is 17.0. The molecule has 6 heteroatoms. The second kappa shape index (κ2) is 7.43. The summed E-state index contributed by atoms with van der Waals surface area (Å²) in [6, 6.07) is 13.9. The minimum atomic E-state index is 0.135. The molecule has 0 radical (unpaired) electrons. The quantitative estimate of drug-likeness (QED) is 0.652. The molecule has 0 aliphatic carbocycles. The number of hydrogen-bond donors (Lipinski definition) is 0. The van der Waals surface area contributed by atoms with Crippen LogP contribution in [0.2, 0.25) is 0 Å². The smallest absolute Gasteiger partial charge is 0.242 e. The van der Waals surface area contributed by atoms with Crippen molar-refractivity contribution in [3.05, 3.63) is 58.9 Å². The average molecular weight is 367 g/mol. The predicted octanol–water partition coefficient (Wildman–Crippen LogP) is 2.73. The van der Waals surface area contributed by atoms with E-state index in [-0.39, 0.29) is 11.7 Å². The molecule has 0 saturated carbocycles. The number of amides is 1. The Morgan fingerprint density at radius 1 is 0.923 bits per heavy atom. The van der Waals surface area contributed by atoms with Crippen LogP contribution in [0, 0.1) is 0 Å². The summed E-state index contributed by atoms with van der Waals surface area (Å²) in [6.45, 7) is 3.64. The van der Waals surface area contributed by atoms with E-state index in [9.17, 15) is 9.59 Å². The fourth-order valence-corrected chi connectivity index (χ4v) is 4.05. The Morgan fingerprint density at radius 2 is 1.73 bits per heavy atom. The number of para-hydroxylation sites is 1. The monoisotopic (exact) mass is 367 g/mol. The van der Waals surface area contributed by atoms with Crippen LogP contribution in [0.5, 0.6) is 0 Å². The van der Waals surface area contributed by atoms with Crippen LogP contribution in [0.25, 0.3) is 10.9 Å². The summed E-state index contributed by atoms with van der Waals surface area (Å²) in [4.78, 5) is 29.7. The van der Waals surface area contributed by atoms with E-state index in [0.29, 0.717) is 26.2 Å². The van der Waals surface area contributed by atoms with Gasteiger partial charge in [0.15, 0.2) is 5.78 Å². The van der Waals surface area contributed by atoms with Gasteiger partial charge in [-0.05, 0) is 29.0 Å². The molecule has 134 valence electrons. The molecule has 0 unspecified atom stereocenters. The number of carbonyl (C=O) groups excluding carboxylic acids is 2. The van der Waals surface area contributed by atoms with E-state index < -0.39 is 0 Å². The molecule has 1 fully saturated rings. The highest BCUT2D eigenvalue weighted by Gasteiger charge is 2.23. The lowest BCUT2D eigenvalue weighted by molar-refractivity contribution is -0.133. The third-order valence-corrected chi connectivity index (χ3v) is 5.78. The molecule has 1 saturated heterocycles. The first-order valence-electron chi connectivity index (χ1n) is 8.81. The summed E-state index contributed by atoms with van der Waals surface area (Å²) in [5, 5.41) is 3.08. The van der Waals surface area contributed by atoms with Crippen molar-refractivity contribution >= 4 is 33.9 Å². The van der Waals surface area contributed by atoms with Crippen molar-refractivity contribution < 1.29 is 9.59 Å². The van der Waals surface area contributed by atoms with Crippen molar-refractivity contribution in [2.75, 3.05) is 32.7 Å². The molecule has 1 aliphatic heterocycles. The third-order valence-electron chi connectivity index (χ3n) is 4.87. The van der Waals surface area contributed by atoms with Crippen molar-refractivity contribution in [2.24, 2.45) is 0 Å². The van der Waals surface area contributed by atoms with Gasteiger partial charge >= 0.3 is 0 Å². The summed E-state index contributed by atoms with van der Waals surface area (Å²) in [6.07, 6.45) is 1.97. The Kier molecular flexibility index (Phi) is 4.86. The highest BCUT2D eigenvalue weighted by molar-refractivity contribution is 7.12. The zero-order valence-electron chi connectivity index (χ0n) is 14.5. The Morgan fingerprint density at radius 3 is 2.50 bits per heavy atom. The molecular weight excluding hydrogens is 346 g/mol. The van der Waals surface area contributed by atoms with Gasteiger partial charge in [0.25, 0.3) is 0 Å². The van der Waals surface area contributed by atoms with Gasteiger partial charge in [-0.15, -0.1) is 11.3 Å². The van der Waals surface area contributed by atoms with Crippen LogP contribution in [-0.2, 0) is 11.3 Å². The number of benzene rings is 1. The third kappa shape index (κ3) is 3.57. The minimum Gasteiger partial charge on any atom is -0.339 e. The number of fused-ring (bicyclic) bond motifs is 1. The van der Waals surface area contributed by atoms with Crippen LogP contribution in [0.1, 0.15) is 9.67 Å². The summed E-state index contributed by atoms with van der Waals surface area (Å²) >= 11 is 1.48. The van der Waals surface area contributed by atoms with Gasteiger partial charge in [0.2, 0.25) is 5.91 Å². The SMILES string of the molecule is O=C(CN1CCN(C(=O)Cn2ccc3ccccc32)CC1)c1cccs1. The molecule has 1 amide bonds. The average Bonchev–Trinajstić information content (AvgIpc) is 3.33. The zero-order chi connectivity index (χ0) is 17.9. The number of nitrogens with zero attached hydrogens (tertiary/aromatic N) is 3. The van der Waals surface area contributed by atoms with E-state index in [0.717, 1.165) is 28.9 Å². The van der Waals surface area contributed by atoms with Crippen molar-refractivity contribution in [3.8, 4) is 0 Å². The van der Waals surface area contributed by atoms with Crippen LogP contribution < -0.4 is 0 Å². The normalized spacial score (nSPS) is 15.5. The fourth-order valence-electron chi connectivity index (χ4n) is 3.40. The molecule has 0 atom stereocenters. The van der Waals surface area contributed by atoms with Crippen LogP contribution in [0.4, 0.5) is 0 Å². The van der Waals surface area contributed by atoms with Gasteiger partial charge in [0, 0.05) is 37.9 Å². The van der Waals surface area contributed by atoms with E-state index in [4.69, 9.17) is 0 Å². The Labute approximate surface area is 156 Å². The molecule has 3 heterocycles. The maximum atomic E-state index is 12.6. The maximum absolute atomic E-state index is 12.6. The van der Waals surface area contributed by atoms with Gasteiger partial charge in [-0.25, -0.2) is 0 Å². The number of piperazine rings is 1. The van der Waals surface area contributed by atoms with Crippen LogP contribution >= 0.6 is 11.3 Å². The predicted molar refractivity (Wildman–Crippen MR) is 104 cm³/mol. The van der Waals surface area contributed by atoms with Crippen LogP contribution in [0.15, 0.2) is 54.0 Å². The summed E-state index contributed by atoms with van der Waals surface area (Å²) in [5.41, 5.74) is 1.08. The lowest BCUT2D eigenvalue weighted by atomic mass is 10.2. The van der Waals surface area contributed by atoms with E-state index in [1.807, 2.05) is 57.4 Å². The molecule has 3 aromatic rings. The molecule has 2 aromatic heterocycles. The van der Waals surface area contributed by atoms with Crippen molar-refractivity contribution in [1.29, 1.82) is 0 Å². The minimum absolute atomic E-state index is 0.135. The molecule has 0 spiro atoms. The Balaban J connectivity index is 1.31.